The Hall–Kier alpha value is -1.72. The number of carbonyl (C=O) groups is 3. The molecule has 2 atom stereocenters. The molecule has 0 aliphatic rings. The number of hydrogen-bond donors (Lipinski definition) is 2. The lowest BCUT2D eigenvalue weighted by Crippen LogP contribution is -2.43. The van der Waals surface area contributed by atoms with E-state index in [1.807, 2.05) is 0 Å². The Morgan fingerprint density at radius 2 is 1.75 bits per heavy atom. The molecule has 0 aliphatic carbocycles. The van der Waals surface area contributed by atoms with Gasteiger partial charge in [-0.05, 0) is 6.42 Å². The van der Waals surface area contributed by atoms with E-state index >= 15 is 0 Å². The maximum absolute atomic E-state index is 12.1. The van der Waals surface area contributed by atoms with E-state index in [1.54, 1.807) is 13.8 Å². The summed E-state index contributed by atoms with van der Waals surface area (Å²) in [7, 11) is -3.90. The molecule has 2 N–H and O–H groups in total. The van der Waals surface area contributed by atoms with Crippen LogP contribution in [-0.2, 0) is 38.2 Å². The molecule has 0 aromatic carbocycles. The Bertz CT molecular complexity index is 631. The molecule has 28 heavy (non-hydrogen) atoms. The Morgan fingerprint density at radius 1 is 1.14 bits per heavy atom. The van der Waals surface area contributed by atoms with Crippen molar-refractivity contribution in [3.63, 3.8) is 0 Å². The average Bonchev–Trinajstić information content (AvgIpc) is 2.62. The lowest BCUT2D eigenvalue weighted by atomic mass is 9.88. The Morgan fingerprint density at radius 3 is 2.25 bits per heavy atom. The second kappa shape index (κ2) is 12.0. The lowest BCUT2D eigenvalue weighted by molar-refractivity contribution is -0.198. The summed E-state index contributed by atoms with van der Waals surface area (Å²) in [5, 5.41) is 12.7. The minimum absolute atomic E-state index is 0.107. The van der Waals surface area contributed by atoms with Crippen LogP contribution in [0.2, 0.25) is 0 Å². The molecule has 10 nitrogen and oxygen atoms in total. The zero-order valence-corrected chi connectivity index (χ0v) is 17.8. The number of ether oxygens (including phenoxy) is 2. The van der Waals surface area contributed by atoms with Crippen LogP contribution in [0.3, 0.4) is 0 Å². The zero-order valence-electron chi connectivity index (χ0n) is 17.0. The molecule has 0 aromatic rings. The van der Waals surface area contributed by atoms with E-state index in [2.05, 4.69) is 5.32 Å². The van der Waals surface area contributed by atoms with Gasteiger partial charge in [0.2, 0.25) is 12.2 Å². The van der Waals surface area contributed by atoms with Crippen LogP contribution >= 0.6 is 0 Å². The molecule has 0 rings (SSSR count). The first kappa shape index (κ1) is 26.3. The second-order valence-corrected chi connectivity index (χ2v) is 8.63. The van der Waals surface area contributed by atoms with Gasteiger partial charge in [0.25, 0.3) is 10.1 Å². The molecule has 0 saturated heterocycles. The number of amides is 1. The third-order valence-electron chi connectivity index (χ3n) is 3.65. The number of aliphatic hydroxyl groups is 1. The molecule has 0 saturated carbocycles. The summed E-state index contributed by atoms with van der Waals surface area (Å²) in [5.41, 5.74) is -1.28. The summed E-state index contributed by atoms with van der Waals surface area (Å²) >= 11 is 0. The van der Waals surface area contributed by atoms with Crippen molar-refractivity contribution in [2.75, 3.05) is 18.9 Å². The van der Waals surface area contributed by atoms with Crippen LogP contribution < -0.4 is 5.32 Å². The van der Waals surface area contributed by atoms with Gasteiger partial charge in [0.1, 0.15) is 0 Å². The standard InChI is InChI=1S/C17H31NO9S/c1-6-13(20)26-14(7-2)27-16(22)15(21)17(4,5)11-25-28(23,24)10-8-9-18-12(3)19/h14-15,21H,6-11H2,1-5H3,(H,18,19)/t14?,15-/m0/s1. The second-order valence-electron chi connectivity index (χ2n) is 6.87. The van der Waals surface area contributed by atoms with Crippen molar-refractivity contribution in [3.8, 4) is 0 Å². The normalized spacial score (nSPS) is 14.1. The molecule has 1 unspecified atom stereocenters. The number of esters is 2. The summed E-state index contributed by atoms with van der Waals surface area (Å²) in [6, 6.07) is 0. The van der Waals surface area contributed by atoms with Gasteiger partial charge in [-0.3, -0.25) is 13.8 Å². The Labute approximate surface area is 166 Å². The van der Waals surface area contributed by atoms with Gasteiger partial charge in [0.05, 0.1) is 12.4 Å². The molecule has 0 aromatic heterocycles. The molecule has 0 radical (unpaired) electrons. The van der Waals surface area contributed by atoms with Crippen LogP contribution in [0.4, 0.5) is 0 Å². The maximum atomic E-state index is 12.1. The number of nitrogens with one attached hydrogen (secondary N) is 1. The summed E-state index contributed by atoms with van der Waals surface area (Å²) in [6.07, 6.45) is -2.37. The largest absolute Gasteiger partial charge is 0.425 e. The Balaban J connectivity index is 4.66. The average molecular weight is 426 g/mol. The van der Waals surface area contributed by atoms with E-state index in [0.717, 1.165) is 0 Å². The molecular formula is C17H31NO9S. The minimum atomic E-state index is -3.90. The Kier molecular flexibility index (Phi) is 11.2. The SMILES string of the molecule is CCC(=O)OC(CC)OC(=O)[C@H](O)C(C)(C)COS(=O)(=O)CCCNC(C)=O. The first-order valence-electron chi connectivity index (χ1n) is 9.04. The van der Waals surface area contributed by atoms with Crippen LogP contribution in [0.15, 0.2) is 0 Å². The molecule has 0 bridgehead atoms. The highest BCUT2D eigenvalue weighted by molar-refractivity contribution is 7.86. The van der Waals surface area contributed by atoms with Gasteiger partial charge in [0, 0.05) is 31.7 Å². The van der Waals surface area contributed by atoms with Crippen molar-refractivity contribution < 1.29 is 41.6 Å². The quantitative estimate of drug-likeness (QED) is 0.186. The van der Waals surface area contributed by atoms with E-state index in [9.17, 15) is 27.9 Å². The first-order valence-corrected chi connectivity index (χ1v) is 10.6. The lowest BCUT2D eigenvalue weighted by Gasteiger charge is -2.29. The highest BCUT2D eigenvalue weighted by Gasteiger charge is 2.37. The third-order valence-corrected chi connectivity index (χ3v) is 4.92. The van der Waals surface area contributed by atoms with Crippen LogP contribution in [0.25, 0.3) is 0 Å². The highest BCUT2D eigenvalue weighted by atomic mass is 32.2. The number of aliphatic hydroxyl groups excluding tert-OH is 1. The summed E-state index contributed by atoms with van der Waals surface area (Å²) < 4.78 is 38.6. The first-order chi connectivity index (χ1) is 12.8. The fourth-order valence-corrected chi connectivity index (χ4v) is 2.93. The van der Waals surface area contributed by atoms with Crippen molar-refractivity contribution in [1.82, 2.24) is 5.32 Å². The van der Waals surface area contributed by atoms with E-state index in [1.165, 1.54) is 20.8 Å². The molecule has 0 heterocycles. The van der Waals surface area contributed by atoms with Crippen LogP contribution in [-0.4, -0.2) is 62.7 Å². The number of hydrogen-bond acceptors (Lipinski definition) is 9. The zero-order chi connectivity index (χ0) is 22.0. The van der Waals surface area contributed by atoms with E-state index < -0.39 is 46.5 Å². The van der Waals surface area contributed by atoms with Gasteiger partial charge in [-0.25, -0.2) is 4.79 Å². The van der Waals surface area contributed by atoms with Gasteiger partial charge in [-0.2, -0.15) is 8.42 Å². The van der Waals surface area contributed by atoms with Crippen molar-refractivity contribution in [3.05, 3.63) is 0 Å². The fraction of sp³-hybridized carbons (Fsp3) is 0.824. The van der Waals surface area contributed by atoms with Gasteiger partial charge in [-0.15, -0.1) is 0 Å². The van der Waals surface area contributed by atoms with Crippen LogP contribution in [0, 0.1) is 5.41 Å². The summed E-state index contributed by atoms with van der Waals surface area (Å²) in [6.45, 7) is 7.14. The molecular weight excluding hydrogens is 394 g/mol. The predicted molar refractivity (Wildman–Crippen MR) is 99.4 cm³/mol. The molecule has 0 fully saturated rings. The monoisotopic (exact) mass is 425 g/mol. The van der Waals surface area contributed by atoms with Crippen molar-refractivity contribution in [2.45, 2.75) is 66.3 Å². The summed E-state index contributed by atoms with van der Waals surface area (Å²) in [4.78, 5) is 34.2. The van der Waals surface area contributed by atoms with Gasteiger partial charge >= 0.3 is 11.9 Å². The van der Waals surface area contributed by atoms with Crippen molar-refractivity contribution in [1.29, 1.82) is 0 Å². The van der Waals surface area contributed by atoms with Gasteiger partial charge < -0.3 is 19.9 Å². The van der Waals surface area contributed by atoms with Crippen molar-refractivity contribution >= 4 is 28.0 Å². The molecule has 0 spiro atoms. The van der Waals surface area contributed by atoms with Crippen molar-refractivity contribution in [2.24, 2.45) is 5.41 Å². The van der Waals surface area contributed by atoms with E-state index in [0.29, 0.717) is 0 Å². The maximum Gasteiger partial charge on any atom is 0.338 e. The molecule has 0 aliphatic heterocycles. The van der Waals surface area contributed by atoms with Crippen LogP contribution in [0.5, 0.6) is 0 Å². The van der Waals surface area contributed by atoms with Gasteiger partial charge in [-0.1, -0.05) is 27.7 Å². The van der Waals surface area contributed by atoms with Crippen LogP contribution in [0.1, 0.15) is 53.9 Å². The molecule has 164 valence electrons. The predicted octanol–water partition coefficient (Wildman–Crippen LogP) is 0.479. The molecule has 11 heteroatoms. The summed E-state index contributed by atoms with van der Waals surface area (Å²) in [5.74, 6) is -2.19. The molecule has 1 amide bonds. The third kappa shape index (κ3) is 10.6. The highest BCUT2D eigenvalue weighted by Crippen LogP contribution is 2.24. The smallest absolute Gasteiger partial charge is 0.338 e. The fourth-order valence-electron chi connectivity index (χ4n) is 1.83. The topological polar surface area (TPSA) is 145 Å². The van der Waals surface area contributed by atoms with Gasteiger partial charge in [0.15, 0.2) is 6.10 Å². The van der Waals surface area contributed by atoms with E-state index in [-0.39, 0.29) is 37.5 Å². The van der Waals surface area contributed by atoms with E-state index in [4.69, 9.17) is 13.7 Å². The number of rotatable bonds is 13. The number of carbonyl (C=O) groups excluding carboxylic acids is 3. The minimum Gasteiger partial charge on any atom is -0.425 e.